The highest BCUT2D eigenvalue weighted by Gasteiger charge is 2.16. The van der Waals surface area contributed by atoms with Crippen molar-refractivity contribution >= 4 is 5.97 Å². The van der Waals surface area contributed by atoms with Gasteiger partial charge in [0.25, 0.3) is 0 Å². The lowest BCUT2D eigenvalue weighted by atomic mass is 10.1. The lowest BCUT2D eigenvalue weighted by molar-refractivity contribution is -0.143. The molecule has 1 aromatic rings. The zero-order chi connectivity index (χ0) is 12.7. The van der Waals surface area contributed by atoms with Gasteiger partial charge >= 0.3 is 5.97 Å². The van der Waals surface area contributed by atoms with E-state index in [0.717, 1.165) is 11.3 Å². The maximum Gasteiger partial charge on any atom is 0.322 e. The number of rotatable bonds is 6. The van der Waals surface area contributed by atoms with E-state index in [9.17, 15) is 4.79 Å². The number of benzene rings is 1. The van der Waals surface area contributed by atoms with Gasteiger partial charge in [0.2, 0.25) is 0 Å². The van der Waals surface area contributed by atoms with Crippen LogP contribution in [0.15, 0.2) is 24.3 Å². The second-order valence-electron chi connectivity index (χ2n) is 3.68. The minimum atomic E-state index is -0.273. The normalized spacial score (nSPS) is 11.9. The molecule has 1 atom stereocenters. The van der Waals surface area contributed by atoms with E-state index >= 15 is 0 Å². The van der Waals surface area contributed by atoms with Gasteiger partial charge in [-0.2, -0.15) is 0 Å². The highest BCUT2D eigenvalue weighted by atomic mass is 16.5. The molecule has 1 aromatic carbocycles. The summed E-state index contributed by atoms with van der Waals surface area (Å²) < 4.78 is 9.96. The Morgan fingerprint density at radius 2 is 2.06 bits per heavy atom. The Kier molecular flexibility index (Phi) is 5.49. The number of esters is 1. The first-order valence-electron chi connectivity index (χ1n) is 5.66. The monoisotopic (exact) mass is 237 g/mol. The SMILES string of the molecule is CCC(NCc1ccccc1OC)C(=O)OC. The zero-order valence-corrected chi connectivity index (χ0v) is 10.5. The molecule has 0 radical (unpaired) electrons. The topological polar surface area (TPSA) is 47.6 Å². The number of hydrogen-bond acceptors (Lipinski definition) is 4. The Bertz CT molecular complexity index is 365. The minimum absolute atomic E-state index is 0.234. The van der Waals surface area contributed by atoms with Crippen LogP contribution in [0.4, 0.5) is 0 Å². The van der Waals surface area contributed by atoms with Gasteiger partial charge in [0, 0.05) is 12.1 Å². The van der Waals surface area contributed by atoms with Crippen LogP contribution >= 0.6 is 0 Å². The molecule has 0 aliphatic heterocycles. The van der Waals surface area contributed by atoms with Gasteiger partial charge in [-0.3, -0.25) is 4.79 Å². The molecule has 0 spiro atoms. The van der Waals surface area contributed by atoms with Gasteiger partial charge in [0.1, 0.15) is 11.8 Å². The molecule has 0 aliphatic rings. The highest BCUT2D eigenvalue weighted by molar-refractivity contribution is 5.75. The summed E-state index contributed by atoms with van der Waals surface area (Å²) in [4.78, 5) is 11.4. The van der Waals surface area contributed by atoms with Crippen molar-refractivity contribution in [3.8, 4) is 5.75 Å². The van der Waals surface area contributed by atoms with Crippen molar-refractivity contribution in [2.45, 2.75) is 25.9 Å². The second kappa shape index (κ2) is 6.91. The number of nitrogens with one attached hydrogen (secondary N) is 1. The molecule has 0 saturated heterocycles. The molecule has 0 aliphatic carbocycles. The summed E-state index contributed by atoms with van der Waals surface area (Å²) in [5, 5.41) is 3.16. The van der Waals surface area contributed by atoms with Crippen LogP contribution in [0.2, 0.25) is 0 Å². The Morgan fingerprint density at radius 3 is 2.65 bits per heavy atom. The smallest absolute Gasteiger partial charge is 0.322 e. The van der Waals surface area contributed by atoms with Gasteiger partial charge in [0.05, 0.1) is 14.2 Å². The average molecular weight is 237 g/mol. The number of carbonyl (C=O) groups excluding carboxylic acids is 1. The Balaban J connectivity index is 2.62. The molecule has 1 N–H and O–H groups in total. The molecular formula is C13H19NO3. The molecule has 0 aromatic heterocycles. The third kappa shape index (κ3) is 3.75. The second-order valence-corrected chi connectivity index (χ2v) is 3.68. The summed E-state index contributed by atoms with van der Waals surface area (Å²) in [5.74, 6) is 0.585. The highest BCUT2D eigenvalue weighted by Crippen LogP contribution is 2.17. The van der Waals surface area contributed by atoms with Gasteiger partial charge in [-0.15, -0.1) is 0 Å². The predicted octanol–water partition coefficient (Wildman–Crippen LogP) is 1.74. The molecule has 1 rings (SSSR count). The predicted molar refractivity (Wildman–Crippen MR) is 65.9 cm³/mol. The van der Waals surface area contributed by atoms with Crippen molar-refractivity contribution in [1.29, 1.82) is 0 Å². The van der Waals surface area contributed by atoms with E-state index in [2.05, 4.69) is 5.32 Å². The Labute approximate surface area is 102 Å². The number of methoxy groups -OCH3 is 2. The molecule has 0 heterocycles. The molecule has 4 nitrogen and oxygen atoms in total. The maximum atomic E-state index is 11.4. The van der Waals surface area contributed by atoms with Crippen LogP contribution in [0, 0.1) is 0 Å². The molecule has 94 valence electrons. The first kappa shape index (κ1) is 13.5. The summed E-state index contributed by atoms with van der Waals surface area (Å²) in [6, 6.07) is 7.45. The standard InChI is InChI=1S/C13H19NO3/c1-4-11(13(15)17-3)14-9-10-7-5-6-8-12(10)16-2/h5-8,11,14H,4,9H2,1-3H3. The number of carbonyl (C=O) groups is 1. The van der Waals surface area contributed by atoms with Crippen molar-refractivity contribution in [1.82, 2.24) is 5.32 Å². The van der Waals surface area contributed by atoms with Gasteiger partial charge in [-0.25, -0.2) is 0 Å². The molecule has 0 saturated carbocycles. The van der Waals surface area contributed by atoms with Crippen molar-refractivity contribution in [2.24, 2.45) is 0 Å². The molecule has 4 heteroatoms. The fourth-order valence-electron chi connectivity index (χ4n) is 1.62. The van der Waals surface area contributed by atoms with E-state index in [4.69, 9.17) is 9.47 Å². The van der Waals surface area contributed by atoms with Crippen LogP contribution in [0.1, 0.15) is 18.9 Å². The van der Waals surface area contributed by atoms with Gasteiger partial charge < -0.3 is 14.8 Å². The van der Waals surface area contributed by atoms with Crippen molar-refractivity contribution in [3.05, 3.63) is 29.8 Å². The molecule has 17 heavy (non-hydrogen) atoms. The molecule has 0 fully saturated rings. The summed E-state index contributed by atoms with van der Waals surface area (Å²) in [6.07, 6.45) is 0.696. The largest absolute Gasteiger partial charge is 0.496 e. The van der Waals surface area contributed by atoms with Crippen molar-refractivity contribution < 1.29 is 14.3 Å². The summed E-state index contributed by atoms with van der Waals surface area (Å²) in [6.45, 7) is 2.52. The van der Waals surface area contributed by atoms with Crippen molar-refractivity contribution in [3.63, 3.8) is 0 Å². The van der Waals surface area contributed by atoms with E-state index < -0.39 is 0 Å². The van der Waals surface area contributed by atoms with Gasteiger partial charge in [-0.1, -0.05) is 25.1 Å². The Hall–Kier alpha value is -1.55. The van der Waals surface area contributed by atoms with Crippen LogP contribution in [0.5, 0.6) is 5.75 Å². The van der Waals surface area contributed by atoms with Crippen LogP contribution < -0.4 is 10.1 Å². The first-order valence-corrected chi connectivity index (χ1v) is 5.66. The van der Waals surface area contributed by atoms with Crippen LogP contribution in [0.3, 0.4) is 0 Å². The van der Waals surface area contributed by atoms with Crippen molar-refractivity contribution in [2.75, 3.05) is 14.2 Å². The van der Waals surface area contributed by atoms with Gasteiger partial charge in [0.15, 0.2) is 0 Å². The van der Waals surface area contributed by atoms with E-state index in [1.54, 1.807) is 7.11 Å². The summed E-state index contributed by atoms with van der Waals surface area (Å²) in [5.41, 5.74) is 1.03. The molecule has 0 amide bonds. The Morgan fingerprint density at radius 1 is 1.35 bits per heavy atom. The summed E-state index contributed by atoms with van der Waals surface area (Å²) >= 11 is 0. The van der Waals surface area contributed by atoms with E-state index in [1.807, 2.05) is 31.2 Å². The molecule has 1 unspecified atom stereocenters. The van der Waals surface area contributed by atoms with Crippen LogP contribution in [-0.2, 0) is 16.1 Å². The van der Waals surface area contributed by atoms with Crippen LogP contribution in [0.25, 0.3) is 0 Å². The summed E-state index contributed by atoms with van der Waals surface area (Å²) in [7, 11) is 3.03. The number of para-hydroxylation sites is 1. The fraction of sp³-hybridized carbons (Fsp3) is 0.462. The average Bonchev–Trinajstić information content (AvgIpc) is 2.39. The zero-order valence-electron chi connectivity index (χ0n) is 10.5. The molecular weight excluding hydrogens is 218 g/mol. The minimum Gasteiger partial charge on any atom is -0.496 e. The number of ether oxygens (including phenoxy) is 2. The number of hydrogen-bond donors (Lipinski definition) is 1. The first-order chi connectivity index (χ1) is 8.22. The quantitative estimate of drug-likeness (QED) is 0.765. The van der Waals surface area contributed by atoms with Gasteiger partial charge in [-0.05, 0) is 12.5 Å². The maximum absolute atomic E-state index is 11.4. The fourth-order valence-corrected chi connectivity index (χ4v) is 1.62. The lowest BCUT2D eigenvalue weighted by Gasteiger charge is -2.15. The van der Waals surface area contributed by atoms with E-state index in [0.29, 0.717) is 13.0 Å². The third-order valence-electron chi connectivity index (χ3n) is 2.63. The van der Waals surface area contributed by atoms with Crippen LogP contribution in [-0.4, -0.2) is 26.2 Å². The molecule has 0 bridgehead atoms. The lowest BCUT2D eigenvalue weighted by Crippen LogP contribution is -2.36. The van der Waals surface area contributed by atoms with E-state index in [-0.39, 0.29) is 12.0 Å². The third-order valence-corrected chi connectivity index (χ3v) is 2.63. The van der Waals surface area contributed by atoms with E-state index in [1.165, 1.54) is 7.11 Å².